The van der Waals surface area contributed by atoms with E-state index in [0.717, 1.165) is 32.1 Å². The molecule has 4 atom stereocenters. The van der Waals surface area contributed by atoms with E-state index in [4.69, 9.17) is 23.3 Å². The van der Waals surface area contributed by atoms with Gasteiger partial charge in [-0.2, -0.15) is 0 Å². The second-order valence-corrected chi connectivity index (χ2v) is 14.3. The third-order valence-electron chi connectivity index (χ3n) is 8.09. The van der Waals surface area contributed by atoms with Gasteiger partial charge in [0.25, 0.3) is 0 Å². The SMILES string of the molecule is C=C1[C@@H](C/C=C(\C)CCC2OCCO2)CC[C@H](C)[C@@]1(C)CC[C@@H](C(=O)OC(C)(C)C)P(=O)(OCC)OCC. The van der Waals surface area contributed by atoms with Gasteiger partial charge in [0, 0.05) is 6.42 Å². The van der Waals surface area contributed by atoms with Gasteiger partial charge >= 0.3 is 13.6 Å². The zero-order valence-corrected chi connectivity index (χ0v) is 26.1. The molecule has 7 nitrogen and oxygen atoms in total. The molecule has 2 aliphatic rings. The van der Waals surface area contributed by atoms with Gasteiger partial charge in [-0.25, -0.2) is 0 Å². The maximum Gasteiger partial charge on any atom is 0.344 e. The summed E-state index contributed by atoms with van der Waals surface area (Å²) in [7, 11) is -3.70. The molecule has 2 fully saturated rings. The molecule has 1 saturated carbocycles. The van der Waals surface area contributed by atoms with Crippen LogP contribution in [-0.4, -0.2) is 49.9 Å². The molecule has 8 heteroatoms. The second kappa shape index (κ2) is 14.6. The monoisotopic (exact) mass is 556 g/mol. The number of carbonyl (C=O) groups excluding carboxylic acids is 1. The van der Waals surface area contributed by atoms with E-state index in [9.17, 15) is 9.36 Å². The van der Waals surface area contributed by atoms with Crippen LogP contribution in [-0.2, 0) is 32.6 Å². The van der Waals surface area contributed by atoms with Crippen molar-refractivity contribution in [1.29, 1.82) is 0 Å². The number of allylic oxidation sites excluding steroid dienone is 3. The normalized spacial score (nSPS) is 26.5. The number of carbonyl (C=O) groups is 1. The predicted octanol–water partition coefficient (Wildman–Crippen LogP) is 7.84. The van der Waals surface area contributed by atoms with Crippen molar-refractivity contribution >= 4 is 13.6 Å². The Morgan fingerprint density at radius 3 is 2.34 bits per heavy atom. The van der Waals surface area contributed by atoms with Gasteiger partial charge in [0.15, 0.2) is 11.9 Å². The van der Waals surface area contributed by atoms with Gasteiger partial charge in [-0.1, -0.05) is 37.6 Å². The minimum absolute atomic E-state index is 0.0746. The maximum atomic E-state index is 13.8. The molecule has 0 N–H and O–H groups in total. The van der Waals surface area contributed by atoms with Crippen molar-refractivity contribution in [3.05, 3.63) is 23.8 Å². The first-order valence-electron chi connectivity index (χ1n) is 14.5. The standard InChI is InChI=1S/C30H53O7P/c1-10-35-38(32,36-11-2)26(28(31)37-29(6,7)8)18-19-30(9)23(4)14-16-25(24(30)5)15-12-22(3)13-17-27-33-20-21-34-27/h12,23,25-27H,5,10-11,13-21H2,1-4,6-9H3/b22-12+/t23-,25-,26-,30+/m0/s1. The molecular formula is C30H53O7P. The second-order valence-electron chi connectivity index (χ2n) is 12.1. The molecule has 0 unspecified atom stereocenters. The fourth-order valence-corrected chi connectivity index (χ4v) is 7.46. The van der Waals surface area contributed by atoms with Gasteiger partial charge < -0.3 is 23.3 Å². The first-order chi connectivity index (χ1) is 17.8. The van der Waals surface area contributed by atoms with E-state index >= 15 is 0 Å². The first-order valence-corrected chi connectivity index (χ1v) is 16.1. The predicted molar refractivity (Wildman–Crippen MR) is 152 cm³/mol. The molecule has 1 aliphatic carbocycles. The summed E-state index contributed by atoms with van der Waals surface area (Å²) in [5.74, 6) is 0.243. The minimum atomic E-state index is -3.70. The van der Waals surface area contributed by atoms with Crippen LogP contribution >= 0.6 is 7.60 Å². The molecule has 0 spiro atoms. The molecule has 0 aromatic rings. The molecule has 0 aromatic heterocycles. The van der Waals surface area contributed by atoms with Gasteiger partial charge in [-0.05, 0) is 97.3 Å². The highest BCUT2D eigenvalue weighted by Crippen LogP contribution is 2.58. The summed E-state index contributed by atoms with van der Waals surface area (Å²) < 4.78 is 41.9. The Balaban J connectivity index is 2.15. The molecule has 0 aromatic carbocycles. The Labute approximate surface area is 231 Å². The summed E-state index contributed by atoms with van der Waals surface area (Å²) in [6.45, 7) is 22.0. The lowest BCUT2D eigenvalue weighted by molar-refractivity contribution is -0.155. The van der Waals surface area contributed by atoms with Crippen molar-refractivity contribution in [1.82, 2.24) is 0 Å². The molecule has 0 bridgehead atoms. The Kier molecular flexibility index (Phi) is 12.8. The Bertz CT molecular complexity index is 845. The Morgan fingerprint density at radius 2 is 1.79 bits per heavy atom. The van der Waals surface area contributed by atoms with Gasteiger partial charge in [-0.15, -0.1) is 0 Å². The number of hydrogen-bond acceptors (Lipinski definition) is 7. The minimum Gasteiger partial charge on any atom is -0.459 e. The Hall–Kier alpha value is -0.980. The van der Waals surface area contributed by atoms with E-state index in [1.807, 2.05) is 20.8 Å². The topological polar surface area (TPSA) is 80.3 Å². The Morgan fingerprint density at radius 1 is 1.18 bits per heavy atom. The smallest absolute Gasteiger partial charge is 0.344 e. The fourth-order valence-electron chi connectivity index (χ4n) is 5.55. The highest BCUT2D eigenvalue weighted by atomic mass is 31.2. The lowest BCUT2D eigenvalue weighted by Gasteiger charge is -2.46. The lowest BCUT2D eigenvalue weighted by Crippen LogP contribution is -2.38. The molecule has 1 saturated heterocycles. The van der Waals surface area contributed by atoms with E-state index in [2.05, 4.69) is 33.4 Å². The maximum absolute atomic E-state index is 13.8. The van der Waals surface area contributed by atoms with Gasteiger partial charge in [0.05, 0.1) is 26.4 Å². The third-order valence-corrected chi connectivity index (χ3v) is 10.6. The van der Waals surface area contributed by atoms with E-state index in [0.29, 0.717) is 37.9 Å². The summed E-state index contributed by atoms with van der Waals surface area (Å²) in [4.78, 5) is 13.3. The van der Waals surface area contributed by atoms with E-state index in [1.165, 1.54) is 11.1 Å². The molecule has 2 rings (SSSR count). The van der Waals surface area contributed by atoms with Crippen LogP contribution in [0.25, 0.3) is 0 Å². The van der Waals surface area contributed by atoms with Crippen molar-refractivity contribution in [2.24, 2.45) is 17.3 Å². The number of ether oxygens (including phenoxy) is 3. The number of esters is 1. The zero-order chi connectivity index (χ0) is 28.6. The quantitative estimate of drug-likeness (QED) is 0.122. The highest BCUT2D eigenvalue weighted by Gasteiger charge is 2.47. The molecule has 0 radical (unpaired) electrons. The highest BCUT2D eigenvalue weighted by molar-refractivity contribution is 7.55. The van der Waals surface area contributed by atoms with Crippen LogP contribution in [0.15, 0.2) is 23.8 Å². The summed E-state index contributed by atoms with van der Waals surface area (Å²) in [5, 5.41) is 0. The van der Waals surface area contributed by atoms with Crippen molar-refractivity contribution in [3.63, 3.8) is 0 Å². The van der Waals surface area contributed by atoms with Gasteiger partial charge in [0.1, 0.15) is 5.60 Å². The fraction of sp³-hybridized carbons (Fsp3) is 0.833. The molecule has 1 aliphatic heterocycles. The largest absolute Gasteiger partial charge is 0.459 e. The lowest BCUT2D eigenvalue weighted by atomic mass is 9.59. The molecule has 0 amide bonds. The van der Waals surface area contributed by atoms with E-state index in [-0.39, 0.29) is 24.9 Å². The number of hydrogen-bond donors (Lipinski definition) is 0. The van der Waals surface area contributed by atoms with Crippen molar-refractivity contribution < 1.29 is 32.6 Å². The molecule has 1 heterocycles. The average Bonchev–Trinajstić information content (AvgIpc) is 3.34. The van der Waals surface area contributed by atoms with E-state index in [1.54, 1.807) is 13.8 Å². The van der Waals surface area contributed by atoms with Crippen molar-refractivity contribution in [3.8, 4) is 0 Å². The summed E-state index contributed by atoms with van der Waals surface area (Å²) in [5.41, 5.74) is 0.695. The molecule has 38 heavy (non-hydrogen) atoms. The van der Waals surface area contributed by atoms with Crippen LogP contribution in [0.3, 0.4) is 0 Å². The zero-order valence-electron chi connectivity index (χ0n) is 25.2. The van der Waals surface area contributed by atoms with Crippen LogP contribution in [0.2, 0.25) is 0 Å². The van der Waals surface area contributed by atoms with Crippen LogP contribution in [0.4, 0.5) is 0 Å². The third kappa shape index (κ3) is 9.30. The molecule has 220 valence electrons. The van der Waals surface area contributed by atoms with Crippen LogP contribution in [0.1, 0.15) is 100 Å². The average molecular weight is 557 g/mol. The summed E-state index contributed by atoms with van der Waals surface area (Å²) in [6.07, 6.45) is 8.26. The van der Waals surface area contributed by atoms with Crippen molar-refractivity contribution in [2.75, 3.05) is 26.4 Å². The first kappa shape index (κ1) is 33.2. The van der Waals surface area contributed by atoms with Crippen LogP contribution < -0.4 is 0 Å². The summed E-state index contributed by atoms with van der Waals surface area (Å²) in [6, 6.07) is 0. The summed E-state index contributed by atoms with van der Waals surface area (Å²) >= 11 is 0. The van der Waals surface area contributed by atoms with E-state index < -0.39 is 24.8 Å². The molecular weight excluding hydrogens is 503 g/mol. The van der Waals surface area contributed by atoms with Crippen LogP contribution in [0, 0.1) is 17.3 Å². The van der Waals surface area contributed by atoms with Gasteiger partial charge in [0.2, 0.25) is 0 Å². The number of rotatable bonds is 14. The van der Waals surface area contributed by atoms with Crippen LogP contribution in [0.5, 0.6) is 0 Å². The van der Waals surface area contributed by atoms with Gasteiger partial charge in [-0.3, -0.25) is 9.36 Å². The van der Waals surface area contributed by atoms with Crippen molar-refractivity contribution in [2.45, 2.75) is 118 Å².